The number of carbonyl (C=O) groups is 2. The molecule has 96 valence electrons. The van der Waals surface area contributed by atoms with Gasteiger partial charge in [0, 0.05) is 6.20 Å². The normalized spacial score (nSPS) is 20.2. The molecule has 1 N–H and O–H groups in total. The predicted octanol–water partition coefficient (Wildman–Crippen LogP) is 0.781. The van der Waals surface area contributed by atoms with Crippen molar-refractivity contribution in [2.24, 2.45) is 5.10 Å². The van der Waals surface area contributed by atoms with Crippen LogP contribution in [0.2, 0.25) is 0 Å². The van der Waals surface area contributed by atoms with Crippen molar-refractivity contribution in [1.82, 2.24) is 9.91 Å². The number of carboxylic acid groups (broad SMARTS) is 1. The number of amidine groups is 1. The zero-order chi connectivity index (χ0) is 13.3. The third-order valence-corrected chi connectivity index (χ3v) is 2.89. The molecule has 6 heteroatoms. The van der Waals surface area contributed by atoms with Crippen molar-refractivity contribution in [3.63, 3.8) is 0 Å². The van der Waals surface area contributed by atoms with Crippen LogP contribution in [0.3, 0.4) is 0 Å². The summed E-state index contributed by atoms with van der Waals surface area (Å²) in [4.78, 5) is 24.7. The molecule has 1 amide bonds. The van der Waals surface area contributed by atoms with Gasteiger partial charge in [0.05, 0.1) is 0 Å². The maximum absolute atomic E-state index is 11.9. The van der Waals surface area contributed by atoms with Crippen molar-refractivity contribution in [2.45, 2.75) is 26.3 Å². The third-order valence-electron chi connectivity index (χ3n) is 2.89. The zero-order valence-corrected chi connectivity index (χ0v) is 10.3. The zero-order valence-electron chi connectivity index (χ0n) is 10.3. The number of amides is 1. The first-order valence-corrected chi connectivity index (χ1v) is 5.79. The Hall–Kier alpha value is -2.11. The summed E-state index contributed by atoms with van der Waals surface area (Å²) in [6, 6.07) is -0.896. The van der Waals surface area contributed by atoms with Crippen molar-refractivity contribution in [3.05, 3.63) is 23.9 Å². The molecular formula is C12H15N3O3. The van der Waals surface area contributed by atoms with E-state index in [0.717, 1.165) is 10.6 Å². The lowest BCUT2D eigenvalue weighted by molar-refractivity contribution is -0.151. The molecule has 2 heterocycles. The minimum Gasteiger partial charge on any atom is -0.480 e. The second-order valence-corrected chi connectivity index (χ2v) is 4.29. The van der Waals surface area contributed by atoms with Gasteiger partial charge in [-0.1, -0.05) is 13.0 Å². The van der Waals surface area contributed by atoms with E-state index in [1.54, 1.807) is 17.9 Å². The van der Waals surface area contributed by atoms with E-state index in [4.69, 9.17) is 5.11 Å². The fourth-order valence-corrected chi connectivity index (χ4v) is 1.95. The Kier molecular flexibility index (Phi) is 3.18. The summed E-state index contributed by atoms with van der Waals surface area (Å²) in [5.41, 5.74) is 1.03. The van der Waals surface area contributed by atoms with Crippen LogP contribution in [0, 0.1) is 0 Å². The molecule has 0 bridgehead atoms. The minimum absolute atomic E-state index is 0.129. The number of hydrogen-bond donors (Lipinski definition) is 1. The smallest absolute Gasteiger partial charge is 0.328 e. The monoisotopic (exact) mass is 249 g/mol. The largest absolute Gasteiger partial charge is 0.480 e. The lowest BCUT2D eigenvalue weighted by Gasteiger charge is -2.34. The highest BCUT2D eigenvalue weighted by atomic mass is 16.4. The Balaban J connectivity index is 2.31. The molecule has 1 unspecified atom stereocenters. The predicted molar refractivity (Wildman–Crippen MR) is 65.6 cm³/mol. The topological polar surface area (TPSA) is 73.2 Å². The second-order valence-electron chi connectivity index (χ2n) is 4.29. The molecule has 0 radical (unpaired) electrons. The maximum Gasteiger partial charge on any atom is 0.328 e. The van der Waals surface area contributed by atoms with E-state index in [2.05, 4.69) is 5.10 Å². The summed E-state index contributed by atoms with van der Waals surface area (Å²) in [5, 5.41) is 14.3. The van der Waals surface area contributed by atoms with E-state index in [-0.39, 0.29) is 12.5 Å². The van der Waals surface area contributed by atoms with Gasteiger partial charge in [-0.25, -0.2) is 9.80 Å². The Morgan fingerprint density at radius 1 is 1.56 bits per heavy atom. The van der Waals surface area contributed by atoms with E-state index in [1.165, 1.54) is 0 Å². The fourth-order valence-electron chi connectivity index (χ4n) is 1.95. The number of allylic oxidation sites excluding steroid dienone is 2. The molecule has 2 rings (SSSR count). The van der Waals surface area contributed by atoms with Crippen LogP contribution in [0.5, 0.6) is 0 Å². The molecule has 6 nitrogen and oxygen atoms in total. The quantitative estimate of drug-likeness (QED) is 0.802. The molecule has 0 aromatic carbocycles. The van der Waals surface area contributed by atoms with E-state index < -0.39 is 12.0 Å². The highest BCUT2D eigenvalue weighted by Gasteiger charge is 2.33. The Labute approximate surface area is 105 Å². The summed E-state index contributed by atoms with van der Waals surface area (Å²) in [6.07, 6.45) is 5.82. The van der Waals surface area contributed by atoms with Gasteiger partial charge in [0.15, 0.2) is 11.9 Å². The van der Waals surface area contributed by atoms with Crippen LogP contribution in [-0.4, -0.2) is 45.3 Å². The molecule has 1 atom stereocenters. The summed E-state index contributed by atoms with van der Waals surface area (Å²) in [6.45, 7) is 3.78. The van der Waals surface area contributed by atoms with E-state index in [1.807, 2.05) is 19.2 Å². The highest BCUT2D eigenvalue weighted by molar-refractivity contribution is 6.01. The van der Waals surface area contributed by atoms with Crippen molar-refractivity contribution < 1.29 is 14.7 Å². The van der Waals surface area contributed by atoms with Crippen LogP contribution >= 0.6 is 0 Å². The van der Waals surface area contributed by atoms with Crippen LogP contribution in [0.25, 0.3) is 0 Å². The SMILES string of the molecule is CCC(C(=O)O)N1N=C2C=CC(C)=CN2CC1=O. The van der Waals surface area contributed by atoms with Gasteiger partial charge in [0.25, 0.3) is 5.91 Å². The lowest BCUT2D eigenvalue weighted by Crippen LogP contribution is -2.51. The van der Waals surface area contributed by atoms with Gasteiger partial charge in [-0.2, -0.15) is 5.10 Å². The molecule has 18 heavy (non-hydrogen) atoms. The number of carbonyl (C=O) groups excluding carboxylic acids is 1. The lowest BCUT2D eigenvalue weighted by atomic mass is 10.2. The number of hydrogen-bond acceptors (Lipinski definition) is 4. The first kappa shape index (κ1) is 12.3. The van der Waals surface area contributed by atoms with E-state index >= 15 is 0 Å². The molecular weight excluding hydrogens is 234 g/mol. The second kappa shape index (κ2) is 4.64. The number of rotatable bonds is 3. The number of fused-ring (bicyclic) bond motifs is 1. The number of carboxylic acids is 1. The number of aliphatic carboxylic acids is 1. The average Bonchev–Trinajstić information content (AvgIpc) is 2.30. The molecule has 0 aliphatic carbocycles. The van der Waals surface area contributed by atoms with Crippen LogP contribution < -0.4 is 0 Å². The molecule has 0 saturated carbocycles. The number of nitrogens with zero attached hydrogens (tertiary/aromatic N) is 3. The first-order chi connectivity index (χ1) is 8.52. The number of hydrazone groups is 1. The van der Waals surface area contributed by atoms with Crippen LogP contribution in [0.4, 0.5) is 0 Å². The minimum atomic E-state index is -1.03. The van der Waals surface area contributed by atoms with Crippen molar-refractivity contribution in [2.75, 3.05) is 6.54 Å². The molecule has 0 aromatic rings. The van der Waals surface area contributed by atoms with Gasteiger partial charge in [-0.3, -0.25) is 4.79 Å². The molecule has 0 aromatic heterocycles. The Morgan fingerprint density at radius 3 is 2.89 bits per heavy atom. The van der Waals surface area contributed by atoms with Crippen LogP contribution in [-0.2, 0) is 9.59 Å². The first-order valence-electron chi connectivity index (χ1n) is 5.79. The molecule has 2 aliphatic rings. The van der Waals surface area contributed by atoms with Gasteiger partial charge in [-0.15, -0.1) is 0 Å². The van der Waals surface area contributed by atoms with Gasteiger partial charge in [0.2, 0.25) is 0 Å². The van der Waals surface area contributed by atoms with Gasteiger partial charge >= 0.3 is 5.97 Å². The molecule has 0 spiro atoms. The highest BCUT2D eigenvalue weighted by Crippen LogP contribution is 2.17. The Bertz CT molecular complexity index is 479. The molecule has 0 saturated heterocycles. The summed E-state index contributed by atoms with van der Waals surface area (Å²) in [5.74, 6) is -0.734. The maximum atomic E-state index is 11.9. The van der Waals surface area contributed by atoms with Crippen molar-refractivity contribution in [1.29, 1.82) is 0 Å². The van der Waals surface area contributed by atoms with Crippen molar-refractivity contribution in [3.8, 4) is 0 Å². The van der Waals surface area contributed by atoms with Gasteiger partial charge in [0.1, 0.15) is 6.54 Å². The summed E-state index contributed by atoms with van der Waals surface area (Å²) in [7, 11) is 0. The van der Waals surface area contributed by atoms with E-state index in [0.29, 0.717) is 12.3 Å². The average molecular weight is 249 g/mol. The standard InChI is InChI=1S/C12H15N3O3/c1-3-9(12(17)18)15-11(16)7-14-6-8(2)4-5-10(14)13-15/h4-6,9H,3,7H2,1-2H3,(H,17,18). The van der Waals surface area contributed by atoms with Crippen LogP contribution in [0.1, 0.15) is 20.3 Å². The Morgan fingerprint density at radius 2 is 2.28 bits per heavy atom. The van der Waals surface area contributed by atoms with Crippen molar-refractivity contribution >= 4 is 17.7 Å². The molecule has 0 fully saturated rings. The summed E-state index contributed by atoms with van der Waals surface area (Å²) < 4.78 is 0. The third kappa shape index (κ3) is 2.13. The fraction of sp³-hybridized carbons (Fsp3) is 0.417. The van der Waals surface area contributed by atoms with Crippen LogP contribution in [0.15, 0.2) is 29.0 Å². The van der Waals surface area contributed by atoms with E-state index in [9.17, 15) is 9.59 Å². The van der Waals surface area contributed by atoms with Gasteiger partial charge < -0.3 is 10.0 Å². The van der Waals surface area contributed by atoms with Gasteiger partial charge in [-0.05, 0) is 25.0 Å². The summed E-state index contributed by atoms with van der Waals surface area (Å²) >= 11 is 0. The molecule has 2 aliphatic heterocycles.